The number of carbonyl (C=O) groups is 1. The molecule has 1 amide bonds. The molecular formula is C21H21N3O. The van der Waals surface area contributed by atoms with Gasteiger partial charge in [-0.3, -0.25) is 14.7 Å². The molecule has 1 fully saturated rings. The Morgan fingerprint density at radius 2 is 1.96 bits per heavy atom. The van der Waals surface area contributed by atoms with E-state index >= 15 is 0 Å². The highest BCUT2D eigenvalue weighted by atomic mass is 16.2. The molecular weight excluding hydrogens is 310 g/mol. The molecule has 4 heteroatoms. The van der Waals surface area contributed by atoms with Crippen LogP contribution in [0.3, 0.4) is 0 Å². The number of aromatic nitrogens is 1. The predicted octanol–water partition coefficient (Wildman–Crippen LogP) is 3.84. The fourth-order valence-corrected chi connectivity index (χ4v) is 3.56. The van der Waals surface area contributed by atoms with Crippen LogP contribution in [-0.2, 0) is 11.3 Å². The SMILES string of the molecule is O=C(Nc1cccc2ncccc12)[C@H]1CCCN1Cc1ccccc1. The number of fused-ring (bicyclic) bond motifs is 1. The van der Waals surface area contributed by atoms with Crippen LogP contribution in [0.25, 0.3) is 10.9 Å². The lowest BCUT2D eigenvalue weighted by Crippen LogP contribution is -2.39. The number of rotatable bonds is 4. The molecule has 1 atom stereocenters. The molecule has 25 heavy (non-hydrogen) atoms. The van der Waals surface area contributed by atoms with Crippen molar-refractivity contribution in [2.24, 2.45) is 0 Å². The minimum absolute atomic E-state index is 0.0739. The van der Waals surface area contributed by atoms with Gasteiger partial charge in [-0.1, -0.05) is 36.4 Å². The van der Waals surface area contributed by atoms with E-state index in [9.17, 15) is 4.79 Å². The highest BCUT2D eigenvalue weighted by Crippen LogP contribution is 2.25. The highest BCUT2D eigenvalue weighted by Gasteiger charge is 2.30. The molecule has 1 saturated heterocycles. The highest BCUT2D eigenvalue weighted by molar-refractivity contribution is 6.02. The van der Waals surface area contributed by atoms with Crippen LogP contribution in [0.15, 0.2) is 66.9 Å². The van der Waals surface area contributed by atoms with Crippen molar-refractivity contribution < 1.29 is 4.79 Å². The number of pyridine rings is 1. The van der Waals surface area contributed by atoms with Gasteiger partial charge in [-0.15, -0.1) is 0 Å². The lowest BCUT2D eigenvalue weighted by atomic mass is 10.1. The number of benzene rings is 2. The first-order chi connectivity index (χ1) is 12.3. The van der Waals surface area contributed by atoms with Crippen LogP contribution in [0.5, 0.6) is 0 Å². The Labute approximate surface area is 147 Å². The predicted molar refractivity (Wildman–Crippen MR) is 100 cm³/mol. The van der Waals surface area contributed by atoms with Crippen LogP contribution in [0.1, 0.15) is 18.4 Å². The number of hydrogen-bond acceptors (Lipinski definition) is 3. The Kier molecular flexibility index (Phi) is 4.44. The second-order valence-corrected chi connectivity index (χ2v) is 6.48. The summed E-state index contributed by atoms with van der Waals surface area (Å²) in [5, 5.41) is 4.10. The van der Waals surface area contributed by atoms with E-state index in [4.69, 9.17) is 0 Å². The molecule has 126 valence electrons. The van der Waals surface area contributed by atoms with E-state index in [0.717, 1.165) is 42.5 Å². The number of likely N-dealkylation sites (tertiary alicyclic amines) is 1. The van der Waals surface area contributed by atoms with Crippen LogP contribution >= 0.6 is 0 Å². The average molecular weight is 331 g/mol. The number of anilines is 1. The molecule has 1 N–H and O–H groups in total. The molecule has 1 aliphatic rings. The van der Waals surface area contributed by atoms with Gasteiger partial charge >= 0.3 is 0 Å². The van der Waals surface area contributed by atoms with Crippen LogP contribution in [0, 0.1) is 0 Å². The zero-order valence-electron chi connectivity index (χ0n) is 14.1. The molecule has 0 spiro atoms. The van der Waals surface area contributed by atoms with E-state index in [1.165, 1.54) is 5.56 Å². The fraction of sp³-hybridized carbons (Fsp3) is 0.238. The van der Waals surface area contributed by atoms with Crippen molar-refractivity contribution in [3.05, 3.63) is 72.4 Å². The Hall–Kier alpha value is -2.72. The molecule has 1 aromatic heterocycles. The first kappa shape index (κ1) is 15.8. The molecule has 0 unspecified atom stereocenters. The van der Waals surface area contributed by atoms with Crippen molar-refractivity contribution in [1.29, 1.82) is 0 Å². The maximum atomic E-state index is 12.9. The van der Waals surface area contributed by atoms with Gasteiger partial charge in [0.15, 0.2) is 0 Å². The molecule has 2 aromatic carbocycles. The Morgan fingerprint density at radius 3 is 2.84 bits per heavy atom. The van der Waals surface area contributed by atoms with Gasteiger partial charge in [0, 0.05) is 18.1 Å². The maximum absolute atomic E-state index is 12.9. The van der Waals surface area contributed by atoms with Crippen molar-refractivity contribution in [1.82, 2.24) is 9.88 Å². The van der Waals surface area contributed by atoms with Crippen molar-refractivity contribution in [2.45, 2.75) is 25.4 Å². The van der Waals surface area contributed by atoms with Crippen LogP contribution in [0.4, 0.5) is 5.69 Å². The summed E-state index contributed by atoms with van der Waals surface area (Å²) in [7, 11) is 0. The first-order valence-corrected chi connectivity index (χ1v) is 8.74. The van der Waals surface area contributed by atoms with Gasteiger partial charge in [-0.05, 0) is 49.2 Å². The summed E-state index contributed by atoms with van der Waals surface area (Å²) in [4.78, 5) is 19.5. The fourth-order valence-electron chi connectivity index (χ4n) is 3.56. The minimum atomic E-state index is -0.0767. The maximum Gasteiger partial charge on any atom is 0.241 e. The van der Waals surface area contributed by atoms with Gasteiger partial charge in [-0.25, -0.2) is 0 Å². The second kappa shape index (κ2) is 7.03. The van der Waals surface area contributed by atoms with Crippen LogP contribution in [0.2, 0.25) is 0 Å². The third kappa shape index (κ3) is 3.39. The van der Waals surface area contributed by atoms with Crippen molar-refractivity contribution >= 4 is 22.5 Å². The zero-order valence-corrected chi connectivity index (χ0v) is 14.1. The van der Waals surface area contributed by atoms with Gasteiger partial charge in [0.1, 0.15) is 0 Å². The normalized spacial score (nSPS) is 17.7. The second-order valence-electron chi connectivity index (χ2n) is 6.48. The summed E-state index contributed by atoms with van der Waals surface area (Å²) in [5.74, 6) is 0.0739. The Morgan fingerprint density at radius 1 is 1.08 bits per heavy atom. The molecule has 1 aliphatic heterocycles. The number of nitrogens with one attached hydrogen (secondary N) is 1. The lowest BCUT2D eigenvalue weighted by molar-refractivity contribution is -0.120. The molecule has 0 aliphatic carbocycles. The largest absolute Gasteiger partial charge is 0.324 e. The number of amides is 1. The van der Waals surface area contributed by atoms with E-state index in [0.29, 0.717) is 0 Å². The molecule has 4 nitrogen and oxygen atoms in total. The minimum Gasteiger partial charge on any atom is -0.324 e. The standard InChI is InChI=1S/C21H21N3O/c25-21(23-19-11-4-10-18-17(19)9-5-13-22-18)20-12-6-14-24(20)15-16-7-2-1-3-8-16/h1-5,7-11,13,20H,6,12,14-15H2,(H,23,25)/t20-/m1/s1. The van der Waals surface area contributed by atoms with E-state index in [-0.39, 0.29) is 11.9 Å². The summed E-state index contributed by atoms with van der Waals surface area (Å²) < 4.78 is 0. The molecule has 4 rings (SSSR count). The molecule has 0 saturated carbocycles. The van der Waals surface area contributed by atoms with Crippen LogP contribution in [-0.4, -0.2) is 28.4 Å². The average Bonchev–Trinajstić information content (AvgIpc) is 3.11. The Balaban J connectivity index is 1.51. The molecule has 2 heterocycles. The number of hydrogen-bond donors (Lipinski definition) is 1. The summed E-state index contributed by atoms with van der Waals surface area (Å²) in [6, 6.07) is 20.0. The van der Waals surface area contributed by atoms with Gasteiger partial charge < -0.3 is 5.32 Å². The van der Waals surface area contributed by atoms with Crippen molar-refractivity contribution in [3.63, 3.8) is 0 Å². The third-order valence-electron chi connectivity index (χ3n) is 4.80. The molecule has 3 aromatic rings. The van der Waals surface area contributed by atoms with E-state index in [2.05, 4.69) is 27.3 Å². The third-order valence-corrected chi connectivity index (χ3v) is 4.80. The van der Waals surface area contributed by atoms with E-state index < -0.39 is 0 Å². The molecule has 0 bridgehead atoms. The quantitative estimate of drug-likeness (QED) is 0.790. The summed E-state index contributed by atoms with van der Waals surface area (Å²) in [5.41, 5.74) is 2.98. The summed E-state index contributed by atoms with van der Waals surface area (Å²) in [6.07, 6.45) is 3.73. The number of nitrogens with zero attached hydrogens (tertiary/aromatic N) is 2. The monoisotopic (exact) mass is 331 g/mol. The topological polar surface area (TPSA) is 45.2 Å². The van der Waals surface area contributed by atoms with E-state index in [1.54, 1.807) is 6.20 Å². The first-order valence-electron chi connectivity index (χ1n) is 8.74. The van der Waals surface area contributed by atoms with Gasteiger partial charge in [0.2, 0.25) is 5.91 Å². The lowest BCUT2D eigenvalue weighted by Gasteiger charge is -2.24. The smallest absolute Gasteiger partial charge is 0.241 e. The van der Waals surface area contributed by atoms with Crippen molar-refractivity contribution in [2.75, 3.05) is 11.9 Å². The Bertz CT molecular complexity index is 873. The van der Waals surface area contributed by atoms with Crippen molar-refractivity contribution in [3.8, 4) is 0 Å². The van der Waals surface area contributed by atoms with E-state index in [1.807, 2.05) is 48.5 Å². The summed E-state index contributed by atoms with van der Waals surface area (Å²) >= 11 is 0. The van der Waals surface area contributed by atoms with Gasteiger partial charge in [0.25, 0.3) is 0 Å². The van der Waals surface area contributed by atoms with Gasteiger partial charge in [0.05, 0.1) is 17.2 Å². The molecule has 0 radical (unpaired) electrons. The number of carbonyl (C=O) groups excluding carboxylic acids is 1. The zero-order chi connectivity index (χ0) is 17.1. The van der Waals surface area contributed by atoms with Gasteiger partial charge in [-0.2, -0.15) is 0 Å². The summed E-state index contributed by atoms with van der Waals surface area (Å²) in [6.45, 7) is 1.78. The van der Waals surface area contributed by atoms with Crippen LogP contribution < -0.4 is 5.32 Å².